The summed E-state index contributed by atoms with van der Waals surface area (Å²) >= 11 is 0. The number of carbonyl (C=O) groups excluding carboxylic acids is 1. The van der Waals surface area contributed by atoms with Crippen LogP contribution in [0.15, 0.2) is 18.3 Å². The molecule has 0 saturated heterocycles. The molecule has 1 aliphatic rings. The molecule has 2 atom stereocenters. The van der Waals surface area contributed by atoms with Gasteiger partial charge in [-0.3, -0.25) is 9.88 Å². The number of rotatable bonds is 6. The molecule has 1 fully saturated rings. The minimum atomic E-state index is -0.347. The van der Waals surface area contributed by atoms with Crippen LogP contribution in [0.1, 0.15) is 42.2 Å². The molecular weight excluding hydrogens is 266 g/mol. The number of ether oxygens (including phenoxy) is 1. The predicted octanol–water partition coefficient (Wildman–Crippen LogP) is 1.82. The van der Waals surface area contributed by atoms with E-state index in [0.717, 1.165) is 25.3 Å². The number of aromatic nitrogens is 1. The zero-order valence-electron chi connectivity index (χ0n) is 12.9. The Morgan fingerprint density at radius 3 is 2.86 bits per heavy atom. The van der Waals surface area contributed by atoms with E-state index in [4.69, 9.17) is 5.73 Å². The zero-order chi connectivity index (χ0) is 15.2. The number of nitrogens with zero attached hydrogens (tertiary/aromatic N) is 2. The van der Waals surface area contributed by atoms with E-state index in [1.807, 2.05) is 6.07 Å². The van der Waals surface area contributed by atoms with Crippen molar-refractivity contribution in [3.8, 4) is 0 Å². The van der Waals surface area contributed by atoms with Gasteiger partial charge in [-0.2, -0.15) is 0 Å². The van der Waals surface area contributed by atoms with Crippen LogP contribution in [-0.4, -0.2) is 42.1 Å². The fourth-order valence-corrected chi connectivity index (χ4v) is 3.20. The quantitative estimate of drug-likeness (QED) is 0.810. The molecule has 5 heteroatoms. The predicted molar refractivity (Wildman–Crippen MR) is 81.8 cm³/mol. The molecule has 116 valence electrons. The van der Waals surface area contributed by atoms with Gasteiger partial charge in [-0.05, 0) is 44.0 Å². The highest BCUT2D eigenvalue weighted by atomic mass is 16.5. The Bertz CT molecular complexity index is 461. The monoisotopic (exact) mass is 291 g/mol. The number of carbonyl (C=O) groups is 1. The van der Waals surface area contributed by atoms with Crippen LogP contribution in [0, 0.1) is 5.92 Å². The number of esters is 1. The summed E-state index contributed by atoms with van der Waals surface area (Å²) in [6.45, 7) is 4.73. The lowest BCUT2D eigenvalue weighted by molar-refractivity contribution is 0.0600. The Morgan fingerprint density at radius 1 is 1.48 bits per heavy atom. The normalized spacial score (nSPS) is 21.7. The number of hydrogen-bond donors (Lipinski definition) is 1. The summed E-state index contributed by atoms with van der Waals surface area (Å²) < 4.78 is 4.69. The van der Waals surface area contributed by atoms with Crippen molar-refractivity contribution in [3.05, 3.63) is 29.6 Å². The SMILES string of the molecule is CCN(Cc1ccc(C(=O)OC)cn1)C1CCCC1CN. The van der Waals surface area contributed by atoms with Crippen LogP contribution < -0.4 is 5.73 Å². The number of methoxy groups -OCH3 is 1. The van der Waals surface area contributed by atoms with Crippen LogP contribution in [-0.2, 0) is 11.3 Å². The van der Waals surface area contributed by atoms with Crippen LogP contribution >= 0.6 is 0 Å². The molecule has 2 N–H and O–H groups in total. The summed E-state index contributed by atoms with van der Waals surface area (Å²) in [6.07, 6.45) is 5.30. The van der Waals surface area contributed by atoms with E-state index in [1.165, 1.54) is 26.4 Å². The molecule has 1 saturated carbocycles. The molecule has 1 aromatic heterocycles. The first-order valence-electron chi connectivity index (χ1n) is 7.67. The Labute approximate surface area is 126 Å². The van der Waals surface area contributed by atoms with Crippen LogP contribution in [0.25, 0.3) is 0 Å². The van der Waals surface area contributed by atoms with Crippen LogP contribution in [0.5, 0.6) is 0 Å². The highest BCUT2D eigenvalue weighted by Gasteiger charge is 2.30. The zero-order valence-corrected chi connectivity index (χ0v) is 12.9. The minimum Gasteiger partial charge on any atom is -0.465 e. The molecule has 1 aromatic rings. The van der Waals surface area contributed by atoms with Gasteiger partial charge in [0.2, 0.25) is 0 Å². The third-order valence-electron chi connectivity index (χ3n) is 4.41. The van der Waals surface area contributed by atoms with Gasteiger partial charge in [0.25, 0.3) is 0 Å². The van der Waals surface area contributed by atoms with Gasteiger partial charge in [-0.1, -0.05) is 13.3 Å². The first kappa shape index (κ1) is 15.9. The van der Waals surface area contributed by atoms with E-state index < -0.39 is 0 Å². The van der Waals surface area contributed by atoms with Gasteiger partial charge in [-0.25, -0.2) is 4.79 Å². The molecule has 2 rings (SSSR count). The van der Waals surface area contributed by atoms with Gasteiger partial charge in [0.05, 0.1) is 18.4 Å². The highest BCUT2D eigenvalue weighted by Crippen LogP contribution is 2.29. The molecule has 0 spiro atoms. The summed E-state index contributed by atoms with van der Waals surface area (Å²) in [5.74, 6) is 0.250. The van der Waals surface area contributed by atoms with Crippen molar-refractivity contribution in [1.29, 1.82) is 0 Å². The number of pyridine rings is 1. The largest absolute Gasteiger partial charge is 0.465 e. The summed E-state index contributed by atoms with van der Waals surface area (Å²) in [5, 5.41) is 0. The molecular formula is C16H25N3O2. The summed E-state index contributed by atoms with van der Waals surface area (Å²) in [7, 11) is 1.38. The first-order valence-corrected chi connectivity index (χ1v) is 7.67. The van der Waals surface area contributed by atoms with E-state index in [-0.39, 0.29) is 5.97 Å². The maximum Gasteiger partial charge on any atom is 0.339 e. The van der Waals surface area contributed by atoms with E-state index in [9.17, 15) is 4.79 Å². The fourth-order valence-electron chi connectivity index (χ4n) is 3.20. The van der Waals surface area contributed by atoms with Gasteiger partial charge in [0, 0.05) is 18.8 Å². The molecule has 0 radical (unpaired) electrons. The average molecular weight is 291 g/mol. The molecule has 1 heterocycles. The van der Waals surface area contributed by atoms with Crippen molar-refractivity contribution in [3.63, 3.8) is 0 Å². The third-order valence-corrected chi connectivity index (χ3v) is 4.41. The number of hydrogen-bond acceptors (Lipinski definition) is 5. The Kier molecular flexibility index (Phi) is 5.70. The van der Waals surface area contributed by atoms with E-state index in [1.54, 1.807) is 12.3 Å². The second-order valence-corrected chi connectivity index (χ2v) is 5.59. The van der Waals surface area contributed by atoms with Crippen molar-refractivity contribution < 1.29 is 9.53 Å². The summed E-state index contributed by atoms with van der Waals surface area (Å²) in [5.41, 5.74) is 7.35. The average Bonchev–Trinajstić information content (AvgIpc) is 3.00. The van der Waals surface area contributed by atoms with Crippen molar-refractivity contribution in [2.24, 2.45) is 11.7 Å². The molecule has 0 bridgehead atoms. The molecule has 1 aliphatic carbocycles. The number of nitrogens with two attached hydrogens (primary N) is 1. The van der Waals surface area contributed by atoms with Gasteiger partial charge in [-0.15, -0.1) is 0 Å². The fraction of sp³-hybridized carbons (Fsp3) is 0.625. The first-order chi connectivity index (χ1) is 10.2. The topological polar surface area (TPSA) is 68.5 Å². The summed E-state index contributed by atoms with van der Waals surface area (Å²) in [4.78, 5) is 18.2. The van der Waals surface area contributed by atoms with Crippen molar-refractivity contribution in [2.75, 3.05) is 20.2 Å². The van der Waals surface area contributed by atoms with E-state index in [2.05, 4.69) is 21.5 Å². The molecule has 0 amide bonds. The molecule has 21 heavy (non-hydrogen) atoms. The van der Waals surface area contributed by atoms with Crippen molar-refractivity contribution in [2.45, 2.75) is 38.8 Å². The lowest BCUT2D eigenvalue weighted by Gasteiger charge is -2.31. The molecule has 0 aliphatic heterocycles. The second kappa shape index (κ2) is 7.52. The standard InChI is InChI=1S/C16H25N3O2/c1-3-19(15-6-4-5-12(15)9-17)11-14-8-7-13(10-18-14)16(20)21-2/h7-8,10,12,15H,3-6,9,11,17H2,1-2H3. The van der Waals surface area contributed by atoms with Crippen molar-refractivity contribution >= 4 is 5.97 Å². The van der Waals surface area contributed by atoms with Gasteiger partial charge >= 0.3 is 5.97 Å². The maximum absolute atomic E-state index is 11.4. The Balaban J connectivity index is 2.03. The molecule has 0 aromatic carbocycles. The molecule has 5 nitrogen and oxygen atoms in total. The lowest BCUT2D eigenvalue weighted by Crippen LogP contribution is -2.40. The van der Waals surface area contributed by atoms with Gasteiger partial charge < -0.3 is 10.5 Å². The lowest BCUT2D eigenvalue weighted by atomic mass is 10.0. The van der Waals surface area contributed by atoms with E-state index in [0.29, 0.717) is 17.5 Å². The smallest absolute Gasteiger partial charge is 0.339 e. The van der Waals surface area contributed by atoms with Crippen LogP contribution in [0.3, 0.4) is 0 Å². The second-order valence-electron chi connectivity index (χ2n) is 5.59. The van der Waals surface area contributed by atoms with E-state index >= 15 is 0 Å². The highest BCUT2D eigenvalue weighted by molar-refractivity contribution is 5.88. The third kappa shape index (κ3) is 3.80. The van der Waals surface area contributed by atoms with Gasteiger partial charge in [0.1, 0.15) is 0 Å². The van der Waals surface area contributed by atoms with Crippen LogP contribution in [0.2, 0.25) is 0 Å². The Hall–Kier alpha value is -1.46. The van der Waals surface area contributed by atoms with Crippen LogP contribution in [0.4, 0.5) is 0 Å². The van der Waals surface area contributed by atoms with Gasteiger partial charge in [0.15, 0.2) is 0 Å². The summed E-state index contributed by atoms with van der Waals surface area (Å²) in [6, 6.07) is 4.24. The minimum absolute atomic E-state index is 0.347. The Morgan fingerprint density at radius 2 is 2.29 bits per heavy atom. The maximum atomic E-state index is 11.4. The van der Waals surface area contributed by atoms with Crippen molar-refractivity contribution in [1.82, 2.24) is 9.88 Å². The molecule has 2 unspecified atom stereocenters.